The van der Waals surface area contributed by atoms with Crippen LogP contribution in [0.15, 0.2) is 53.4 Å². The predicted octanol–water partition coefficient (Wildman–Crippen LogP) is 3.33. The molecule has 0 atom stereocenters. The molecular weight excluding hydrogens is 392 g/mol. The first-order chi connectivity index (χ1) is 13.7. The zero-order chi connectivity index (χ0) is 21.4. The maximum atomic E-state index is 12.5. The summed E-state index contributed by atoms with van der Waals surface area (Å²) in [4.78, 5) is 23.6. The van der Waals surface area contributed by atoms with Gasteiger partial charge in [-0.3, -0.25) is 9.59 Å². The predicted molar refractivity (Wildman–Crippen MR) is 112 cm³/mol. The minimum atomic E-state index is -3.55. The standard InChI is InChI=1S/C21H26N2O5S/c1-4-5-13-23(3)29(26,27)20-11-9-18(10-12-20)22-21(25)15-28-19-8-6-7-17(14-19)16(2)24/h6-12,14H,4-5,13,15H2,1-3H3,(H,22,25). The van der Waals surface area contributed by atoms with Gasteiger partial charge < -0.3 is 10.1 Å². The molecule has 0 heterocycles. The van der Waals surface area contributed by atoms with Gasteiger partial charge in [-0.25, -0.2) is 12.7 Å². The van der Waals surface area contributed by atoms with Crippen LogP contribution >= 0.6 is 0 Å². The number of unbranched alkanes of at least 4 members (excludes halogenated alkanes) is 1. The average molecular weight is 419 g/mol. The van der Waals surface area contributed by atoms with Gasteiger partial charge in [0.15, 0.2) is 12.4 Å². The van der Waals surface area contributed by atoms with Crippen molar-refractivity contribution in [3.05, 3.63) is 54.1 Å². The zero-order valence-corrected chi connectivity index (χ0v) is 17.7. The van der Waals surface area contributed by atoms with E-state index in [0.717, 1.165) is 12.8 Å². The summed E-state index contributed by atoms with van der Waals surface area (Å²) in [7, 11) is -1.99. The van der Waals surface area contributed by atoms with E-state index in [0.29, 0.717) is 23.5 Å². The molecule has 0 aliphatic carbocycles. The number of carbonyl (C=O) groups excluding carboxylic acids is 2. The quantitative estimate of drug-likeness (QED) is 0.598. The van der Waals surface area contributed by atoms with E-state index >= 15 is 0 Å². The normalized spacial score (nSPS) is 11.3. The molecule has 0 fully saturated rings. The summed E-state index contributed by atoms with van der Waals surface area (Å²) in [5, 5.41) is 2.65. The maximum absolute atomic E-state index is 12.5. The van der Waals surface area contributed by atoms with E-state index in [9.17, 15) is 18.0 Å². The Kier molecular flexibility index (Phi) is 7.92. The number of sulfonamides is 1. The average Bonchev–Trinajstić information content (AvgIpc) is 2.71. The molecule has 0 aliphatic rings. The first-order valence-corrected chi connectivity index (χ1v) is 10.8. The number of hydrogen-bond acceptors (Lipinski definition) is 5. The number of ether oxygens (including phenoxy) is 1. The molecule has 2 aromatic rings. The molecule has 8 heteroatoms. The summed E-state index contributed by atoms with van der Waals surface area (Å²) in [6, 6.07) is 12.6. The van der Waals surface area contributed by atoms with Crippen molar-refractivity contribution >= 4 is 27.4 Å². The van der Waals surface area contributed by atoms with Gasteiger partial charge in [-0.1, -0.05) is 25.5 Å². The van der Waals surface area contributed by atoms with Crippen LogP contribution < -0.4 is 10.1 Å². The van der Waals surface area contributed by atoms with Crippen LogP contribution in [0.4, 0.5) is 5.69 Å². The number of nitrogens with zero attached hydrogens (tertiary/aromatic N) is 1. The fourth-order valence-electron chi connectivity index (χ4n) is 2.54. The number of rotatable bonds is 10. The van der Waals surface area contributed by atoms with E-state index in [1.807, 2.05) is 6.92 Å². The number of carbonyl (C=O) groups is 2. The van der Waals surface area contributed by atoms with Crippen LogP contribution in [0, 0.1) is 0 Å². The Hall–Kier alpha value is -2.71. The van der Waals surface area contributed by atoms with Gasteiger partial charge in [0.2, 0.25) is 10.0 Å². The lowest BCUT2D eigenvalue weighted by Crippen LogP contribution is -2.28. The lowest BCUT2D eigenvalue weighted by Gasteiger charge is -2.17. The Morgan fingerprint density at radius 3 is 2.41 bits per heavy atom. The van der Waals surface area contributed by atoms with E-state index in [1.165, 1.54) is 35.5 Å². The summed E-state index contributed by atoms with van der Waals surface area (Å²) < 4.78 is 31.7. The van der Waals surface area contributed by atoms with Crippen LogP contribution in [0.1, 0.15) is 37.0 Å². The Balaban J connectivity index is 1.94. The van der Waals surface area contributed by atoms with Crippen LogP contribution in [0.2, 0.25) is 0 Å². The summed E-state index contributed by atoms with van der Waals surface area (Å²) in [5.74, 6) is -0.0615. The molecule has 0 bridgehead atoms. The smallest absolute Gasteiger partial charge is 0.262 e. The molecule has 2 aromatic carbocycles. The second kappa shape index (κ2) is 10.2. The molecule has 0 radical (unpaired) electrons. The summed E-state index contributed by atoms with van der Waals surface area (Å²) in [6.45, 7) is 3.68. The molecule has 0 saturated heterocycles. The SMILES string of the molecule is CCCCN(C)S(=O)(=O)c1ccc(NC(=O)COc2cccc(C(C)=O)c2)cc1. The van der Waals surface area contributed by atoms with E-state index < -0.39 is 15.9 Å². The third-order valence-corrected chi connectivity index (χ3v) is 6.15. The Morgan fingerprint density at radius 1 is 1.10 bits per heavy atom. The number of nitrogens with one attached hydrogen (secondary N) is 1. The summed E-state index contributed by atoms with van der Waals surface area (Å²) in [6.07, 6.45) is 1.70. The van der Waals surface area contributed by atoms with Crippen molar-refractivity contribution in [1.82, 2.24) is 4.31 Å². The highest BCUT2D eigenvalue weighted by molar-refractivity contribution is 7.89. The van der Waals surface area contributed by atoms with Crippen molar-refractivity contribution in [3.63, 3.8) is 0 Å². The van der Waals surface area contributed by atoms with E-state index in [4.69, 9.17) is 4.74 Å². The molecule has 1 N–H and O–H groups in total. The largest absolute Gasteiger partial charge is 0.484 e. The number of amides is 1. The van der Waals surface area contributed by atoms with Crippen LogP contribution in [0.5, 0.6) is 5.75 Å². The molecule has 0 aromatic heterocycles. The fraction of sp³-hybridized carbons (Fsp3) is 0.333. The lowest BCUT2D eigenvalue weighted by atomic mass is 10.1. The molecule has 0 saturated carbocycles. The lowest BCUT2D eigenvalue weighted by molar-refractivity contribution is -0.118. The second-order valence-corrected chi connectivity index (χ2v) is 8.67. The van der Waals surface area contributed by atoms with Crippen molar-refractivity contribution in [3.8, 4) is 5.75 Å². The Bertz CT molecular complexity index is 955. The first-order valence-electron chi connectivity index (χ1n) is 9.34. The molecule has 0 unspecified atom stereocenters. The minimum absolute atomic E-state index is 0.0877. The van der Waals surface area contributed by atoms with Crippen LogP contribution in [0.3, 0.4) is 0 Å². The Morgan fingerprint density at radius 2 is 1.79 bits per heavy atom. The monoisotopic (exact) mass is 418 g/mol. The van der Waals surface area contributed by atoms with E-state index in [1.54, 1.807) is 31.3 Å². The molecule has 2 rings (SSSR count). The number of anilines is 1. The maximum Gasteiger partial charge on any atom is 0.262 e. The van der Waals surface area contributed by atoms with Gasteiger partial charge in [0, 0.05) is 24.8 Å². The zero-order valence-electron chi connectivity index (χ0n) is 16.8. The molecule has 1 amide bonds. The molecular formula is C21H26N2O5S. The topological polar surface area (TPSA) is 92.8 Å². The Labute approximate surface area is 171 Å². The number of ketones is 1. The summed E-state index contributed by atoms with van der Waals surface area (Å²) >= 11 is 0. The van der Waals surface area contributed by atoms with Gasteiger partial charge in [0.05, 0.1) is 4.90 Å². The third-order valence-electron chi connectivity index (χ3n) is 4.28. The number of Topliss-reactive ketones (excluding diaryl/α,β-unsaturated/α-hetero) is 1. The molecule has 29 heavy (non-hydrogen) atoms. The van der Waals surface area contributed by atoms with Gasteiger partial charge in [-0.2, -0.15) is 0 Å². The van der Waals surface area contributed by atoms with Crippen LogP contribution in [-0.2, 0) is 14.8 Å². The fourth-order valence-corrected chi connectivity index (χ4v) is 3.75. The van der Waals surface area contributed by atoms with Crippen molar-refractivity contribution in [2.24, 2.45) is 0 Å². The van der Waals surface area contributed by atoms with Gasteiger partial charge in [0.1, 0.15) is 5.75 Å². The summed E-state index contributed by atoms with van der Waals surface area (Å²) in [5.41, 5.74) is 0.967. The highest BCUT2D eigenvalue weighted by atomic mass is 32.2. The highest BCUT2D eigenvalue weighted by Crippen LogP contribution is 2.18. The highest BCUT2D eigenvalue weighted by Gasteiger charge is 2.20. The van der Waals surface area contributed by atoms with Crippen molar-refractivity contribution < 1.29 is 22.7 Å². The third kappa shape index (κ3) is 6.40. The van der Waals surface area contributed by atoms with Crippen molar-refractivity contribution in [2.75, 3.05) is 25.5 Å². The molecule has 156 valence electrons. The van der Waals surface area contributed by atoms with Gasteiger partial charge in [-0.05, 0) is 49.7 Å². The van der Waals surface area contributed by atoms with Gasteiger partial charge in [-0.15, -0.1) is 0 Å². The van der Waals surface area contributed by atoms with E-state index in [2.05, 4.69) is 5.32 Å². The number of benzene rings is 2. The second-order valence-electron chi connectivity index (χ2n) is 6.63. The molecule has 0 spiro atoms. The van der Waals surface area contributed by atoms with E-state index in [-0.39, 0.29) is 17.3 Å². The number of hydrogen-bond donors (Lipinski definition) is 1. The van der Waals surface area contributed by atoms with Crippen molar-refractivity contribution in [1.29, 1.82) is 0 Å². The van der Waals surface area contributed by atoms with Gasteiger partial charge in [0.25, 0.3) is 5.91 Å². The van der Waals surface area contributed by atoms with Gasteiger partial charge >= 0.3 is 0 Å². The molecule has 0 aliphatic heterocycles. The van der Waals surface area contributed by atoms with Crippen LogP contribution in [0.25, 0.3) is 0 Å². The molecule has 7 nitrogen and oxygen atoms in total. The van der Waals surface area contributed by atoms with Crippen molar-refractivity contribution in [2.45, 2.75) is 31.6 Å². The van der Waals surface area contributed by atoms with Crippen LogP contribution in [-0.4, -0.2) is 44.6 Å². The first kappa shape index (κ1) is 22.6. The minimum Gasteiger partial charge on any atom is -0.484 e.